The van der Waals surface area contributed by atoms with Crippen LogP contribution in [0.1, 0.15) is 66.4 Å². The van der Waals surface area contributed by atoms with Crippen LogP contribution in [0, 0.1) is 22.0 Å². The molecule has 9 nitrogen and oxygen atoms in total. The van der Waals surface area contributed by atoms with Crippen LogP contribution in [0.15, 0.2) is 24.3 Å². The Bertz CT molecular complexity index is 923. The summed E-state index contributed by atoms with van der Waals surface area (Å²) in [6, 6.07) is 5.35. The van der Waals surface area contributed by atoms with E-state index in [9.17, 15) is 29.6 Å². The van der Waals surface area contributed by atoms with E-state index < -0.39 is 63.6 Å². The third kappa shape index (κ3) is 5.91. The highest BCUT2D eigenvalue weighted by Gasteiger charge is 2.58. The van der Waals surface area contributed by atoms with Crippen LogP contribution >= 0.6 is 0 Å². The molecule has 0 bridgehead atoms. The Labute approximate surface area is 187 Å². The molecule has 0 saturated heterocycles. The molecule has 0 radical (unpaired) electrons. The van der Waals surface area contributed by atoms with Crippen molar-refractivity contribution < 1.29 is 33.9 Å². The summed E-state index contributed by atoms with van der Waals surface area (Å²) in [6.07, 6.45) is -0.466. The second-order valence-corrected chi connectivity index (χ2v) is 10.4. The monoisotopic (exact) mass is 449 g/mol. The Morgan fingerprint density at radius 3 is 2.12 bits per heavy atom. The van der Waals surface area contributed by atoms with Gasteiger partial charge in [0.15, 0.2) is 5.78 Å². The van der Waals surface area contributed by atoms with Gasteiger partial charge in [-0.2, -0.15) is 0 Å². The zero-order valence-electron chi connectivity index (χ0n) is 19.5. The number of rotatable bonds is 4. The molecular formula is C23H31NO8. The fourth-order valence-corrected chi connectivity index (χ4v) is 3.99. The summed E-state index contributed by atoms with van der Waals surface area (Å²) >= 11 is 0. The van der Waals surface area contributed by atoms with Crippen molar-refractivity contribution in [3.8, 4) is 0 Å². The van der Waals surface area contributed by atoms with Crippen LogP contribution in [0.4, 0.5) is 5.69 Å². The minimum atomic E-state index is -1.84. The summed E-state index contributed by atoms with van der Waals surface area (Å²) < 4.78 is 11.0. The fourth-order valence-electron chi connectivity index (χ4n) is 3.99. The average molecular weight is 450 g/mol. The minimum absolute atomic E-state index is 0.194. The van der Waals surface area contributed by atoms with Gasteiger partial charge in [0.25, 0.3) is 5.69 Å². The number of benzene rings is 1. The number of carbonyl (C=O) groups is 3. The molecule has 32 heavy (non-hydrogen) atoms. The lowest BCUT2D eigenvalue weighted by Crippen LogP contribution is -2.56. The van der Waals surface area contributed by atoms with Crippen LogP contribution in [-0.4, -0.2) is 44.6 Å². The molecule has 0 amide bonds. The van der Waals surface area contributed by atoms with E-state index in [4.69, 9.17) is 9.47 Å². The largest absolute Gasteiger partial charge is 0.460 e. The van der Waals surface area contributed by atoms with Gasteiger partial charge in [-0.25, -0.2) is 0 Å². The predicted octanol–water partition coefficient (Wildman–Crippen LogP) is 3.32. The average Bonchev–Trinajstić information content (AvgIpc) is 2.56. The van der Waals surface area contributed by atoms with Crippen molar-refractivity contribution >= 4 is 23.4 Å². The number of non-ortho nitro benzene ring substituents is 1. The predicted molar refractivity (Wildman–Crippen MR) is 115 cm³/mol. The highest BCUT2D eigenvalue weighted by molar-refractivity contribution is 6.03. The first kappa shape index (κ1) is 25.5. The number of aliphatic hydroxyl groups is 1. The van der Waals surface area contributed by atoms with E-state index in [2.05, 4.69) is 0 Å². The van der Waals surface area contributed by atoms with Gasteiger partial charge in [0.1, 0.15) is 17.1 Å². The molecular weight excluding hydrogens is 418 g/mol. The summed E-state index contributed by atoms with van der Waals surface area (Å²) in [7, 11) is 0. The van der Waals surface area contributed by atoms with Gasteiger partial charge in [0.2, 0.25) is 0 Å². The Morgan fingerprint density at radius 2 is 1.62 bits per heavy atom. The number of hydrogen-bond acceptors (Lipinski definition) is 8. The van der Waals surface area contributed by atoms with Crippen LogP contribution < -0.4 is 0 Å². The zero-order valence-corrected chi connectivity index (χ0v) is 19.5. The van der Waals surface area contributed by atoms with E-state index >= 15 is 0 Å². The highest BCUT2D eigenvalue weighted by atomic mass is 16.6. The van der Waals surface area contributed by atoms with Crippen LogP contribution in [0.25, 0.3) is 0 Å². The van der Waals surface area contributed by atoms with Gasteiger partial charge in [0.05, 0.1) is 16.4 Å². The van der Waals surface area contributed by atoms with Crippen molar-refractivity contribution in [2.45, 2.75) is 77.6 Å². The molecule has 4 atom stereocenters. The lowest BCUT2D eigenvalue weighted by atomic mass is 9.61. The van der Waals surface area contributed by atoms with Crippen molar-refractivity contribution in [2.75, 3.05) is 0 Å². The normalized spacial score (nSPS) is 26.4. The summed E-state index contributed by atoms with van der Waals surface area (Å²) in [6.45, 7) is 11.2. The molecule has 1 aliphatic rings. The van der Waals surface area contributed by atoms with E-state index in [0.29, 0.717) is 0 Å². The van der Waals surface area contributed by atoms with Crippen molar-refractivity contribution in [1.82, 2.24) is 0 Å². The maximum atomic E-state index is 13.2. The number of nitro groups is 1. The number of carbonyl (C=O) groups excluding carboxylic acids is 3. The minimum Gasteiger partial charge on any atom is -0.460 e. The Balaban J connectivity index is 2.70. The second-order valence-electron chi connectivity index (χ2n) is 10.4. The summed E-state index contributed by atoms with van der Waals surface area (Å²) in [5.41, 5.74) is -3.73. The Kier molecular flexibility index (Phi) is 6.85. The molecule has 176 valence electrons. The zero-order chi connectivity index (χ0) is 24.6. The van der Waals surface area contributed by atoms with E-state index in [-0.39, 0.29) is 11.3 Å². The van der Waals surface area contributed by atoms with E-state index in [1.54, 1.807) is 41.5 Å². The van der Waals surface area contributed by atoms with Gasteiger partial charge < -0.3 is 14.6 Å². The summed E-state index contributed by atoms with van der Waals surface area (Å²) in [5, 5.41) is 22.4. The SMILES string of the molecule is CC(C)(C)OC(=O)C1C(=O)CC(C)(O)C(C(=O)OC(C)(C)C)C1c1cccc([N+](=O)[O-])c1. The van der Waals surface area contributed by atoms with Gasteiger partial charge in [-0.3, -0.25) is 24.5 Å². The number of ketones is 1. The molecule has 0 spiro atoms. The third-order valence-corrected chi connectivity index (χ3v) is 5.05. The number of ether oxygens (including phenoxy) is 2. The molecule has 4 unspecified atom stereocenters. The molecule has 1 aromatic rings. The van der Waals surface area contributed by atoms with E-state index in [1.807, 2.05) is 0 Å². The molecule has 2 rings (SSSR count). The molecule has 1 N–H and O–H groups in total. The van der Waals surface area contributed by atoms with Crippen LogP contribution in [0.5, 0.6) is 0 Å². The first-order valence-corrected chi connectivity index (χ1v) is 10.4. The first-order chi connectivity index (χ1) is 14.4. The van der Waals surface area contributed by atoms with Gasteiger partial charge in [-0.15, -0.1) is 0 Å². The van der Waals surface area contributed by atoms with E-state index in [0.717, 1.165) is 0 Å². The topological polar surface area (TPSA) is 133 Å². The summed E-state index contributed by atoms with van der Waals surface area (Å²) in [4.78, 5) is 50.1. The lowest BCUT2D eigenvalue weighted by Gasteiger charge is -2.44. The highest BCUT2D eigenvalue weighted by Crippen LogP contribution is 2.47. The van der Waals surface area contributed by atoms with Gasteiger partial charge in [-0.1, -0.05) is 12.1 Å². The molecule has 9 heteroatoms. The van der Waals surface area contributed by atoms with Gasteiger partial charge in [0, 0.05) is 24.5 Å². The Morgan fingerprint density at radius 1 is 1.09 bits per heavy atom. The van der Waals surface area contributed by atoms with Crippen molar-refractivity contribution in [3.05, 3.63) is 39.9 Å². The quantitative estimate of drug-likeness (QED) is 0.320. The molecule has 1 fully saturated rings. The number of hydrogen-bond donors (Lipinski definition) is 1. The first-order valence-electron chi connectivity index (χ1n) is 10.4. The van der Waals surface area contributed by atoms with Crippen LogP contribution in [-0.2, 0) is 23.9 Å². The molecule has 1 aliphatic carbocycles. The van der Waals surface area contributed by atoms with Crippen molar-refractivity contribution in [2.24, 2.45) is 11.8 Å². The van der Waals surface area contributed by atoms with E-state index in [1.165, 1.54) is 31.2 Å². The lowest BCUT2D eigenvalue weighted by molar-refractivity contribution is -0.385. The molecule has 0 aromatic heterocycles. The summed E-state index contributed by atoms with van der Waals surface area (Å²) in [5.74, 6) is -6.26. The molecule has 0 heterocycles. The smallest absolute Gasteiger partial charge is 0.317 e. The standard InChI is InChI=1S/C23H31NO8/c1-21(2,3)31-19(26)17-15(25)12-23(7,28)18(20(27)32-22(4,5)6)16(17)13-9-8-10-14(11-13)24(29)30/h8-11,16-18,28H,12H2,1-7H3. The number of Topliss-reactive ketones (excluding diaryl/α,β-unsaturated/α-hetero) is 1. The molecule has 0 aliphatic heterocycles. The second kappa shape index (κ2) is 8.61. The number of nitrogens with zero attached hydrogens (tertiary/aromatic N) is 1. The third-order valence-electron chi connectivity index (χ3n) is 5.05. The fraction of sp³-hybridized carbons (Fsp3) is 0.609. The maximum absolute atomic E-state index is 13.2. The number of esters is 2. The molecule has 1 aromatic carbocycles. The number of nitro benzene ring substituents is 1. The Hall–Kier alpha value is -2.81. The van der Waals surface area contributed by atoms with Gasteiger partial charge in [-0.05, 0) is 54.0 Å². The molecule has 1 saturated carbocycles. The van der Waals surface area contributed by atoms with Crippen molar-refractivity contribution in [1.29, 1.82) is 0 Å². The maximum Gasteiger partial charge on any atom is 0.317 e. The van der Waals surface area contributed by atoms with Crippen molar-refractivity contribution in [3.63, 3.8) is 0 Å². The van der Waals surface area contributed by atoms with Gasteiger partial charge >= 0.3 is 11.9 Å². The van der Waals surface area contributed by atoms with Crippen LogP contribution in [0.2, 0.25) is 0 Å². The van der Waals surface area contributed by atoms with Crippen LogP contribution in [0.3, 0.4) is 0 Å².